The third kappa shape index (κ3) is 6.77. The minimum atomic E-state index is -3.84. The summed E-state index contributed by atoms with van der Waals surface area (Å²) in [7, 11) is -6.19. The Morgan fingerprint density at radius 1 is 0.727 bits per heavy atom. The van der Waals surface area contributed by atoms with Crippen LogP contribution in [0.3, 0.4) is 0 Å². The van der Waals surface area contributed by atoms with E-state index in [4.69, 9.17) is 27.6 Å². The van der Waals surface area contributed by atoms with Crippen molar-refractivity contribution >= 4 is 15.2 Å². The maximum absolute atomic E-state index is 13.0. The molecule has 0 aliphatic carbocycles. The van der Waals surface area contributed by atoms with Crippen molar-refractivity contribution < 1.29 is 36.7 Å². The Labute approximate surface area is 132 Å². The molecule has 0 amide bonds. The van der Waals surface area contributed by atoms with Crippen LogP contribution in [0.1, 0.15) is 27.7 Å². The van der Waals surface area contributed by atoms with Gasteiger partial charge in [0.15, 0.2) is 0 Å². The van der Waals surface area contributed by atoms with Gasteiger partial charge < -0.3 is 27.6 Å². The van der Waals surface area contributed by atoms with Crippen LogP contribution in [-0.4, -0.2) is 52.3 Å². The van der Waals surface area contributed by atoms with Gasteiger partial charge in [0.2, 0.25) is 0 Å². The number of ether oxygens (including phenoxy) is 2. The second-order valence-corrected chi connectivity index (χ2v) is 8.48. The van der Waals surface area contributed by atoms with Gasteiger partial charge in [0.05, 0.1) is 39.6 Å². The van der Waals surface area contributed by atoms with Gasteiger partial charge in [-0.15, -0.1) is 0 Å². The Hall–Kier alpha value is 0.220. The van der Waals surface area contributed by atoms with Crippen LogP contribution >= 0.6 is 15.2 Å². The van der Waals surface area contributed by atoms with Gasteiger partial charge in [-0.1, -0.05) is 0 Å². The Balaban J connectivity index is 5.54. The third-order valence-electron chi connectivity index (χ3n) is 2.33. The van der Waals surface area contributed by atoms with Crippen LogP contribution in [0.15, 0.2) is 0 Å². The minimum absolute atomic E-state index is 0.0510. The molecular formula is C12H28O8P2. The molecule has 8 nitrogen and oxygen atoms in total. The summed E-state index contributed by atoms with van der Waals surface area (Å²) in [5.41, 5.74) is -1.45. The van der Waals surface area contributed by atoms with Gasteiger partial charge in [0.25, 0.3) is 5.59 Å². The van der Waals surface area contributed by atoms with Crippen LogP contribution in [0, 0.1) is 0 Å². The topological polar surface area (TPSA) is 89.5 Å². The van der Waals surface area contributed by atoms with Crippen molar-refractivity contribution in [3.8, 4) is 0 Å². The molecule has 0 aromatic carbocycles. The maximum Gasteiger partial charge on any atom is 0.371 e. The van der Waals surface area contributed by atoms with E-state index < -0.39 is 20.8 Å². The highest BCUT2D eigenvalue weighted by Gasteiger charge is 2.52. The number of methoxy groups -OCH3 is 1. The first-order valence-corrected chi connectivity index (χ1v) is 10.5. The van der Waals surface area contributed by atoms with Crippen LogP contribution in [0.5, 0.6) is 0 Å². The summed E-state index contributed by atoms with van der Waals surface area (Å²) < 4.78 is 57.2. The largest absolute Gasteiger partial charge is 0.382 e. The first-order valence-electron chi connectivity index (χ1n) is 7.32. The van der Waals surface area contributed by atoms with Crippen LogP contribution in [0.4, 0.5) is 0 Å². The molecule has 0 aliphatic heterocycles. The molecule has 0 spiro atoms. The second-order valence-electron chi connectivity index (χ2n) is 3.94. The van der Waals surface area contributed by atoms with Crippen molar-refractivity contribution in [1.29, 1.82) is 0 Å². The fourth-order valence-electron chi connectivity index (χ4n) is 1.64. The molecule has 0 aromatic rings. The van der Waals surface area contributed by atoms with Crippen molar-refractivity contribution in [3.05, 3.63) is 0 Å². The third-order valence-corrected chi connectivity index (χ3v) is 7.88. The summed E-state index contributed by atoms with van der Waals surface area (Å²) in [4.78, 5) is 0. The monoisotopic (exact) mass is 362 g/mol. The first-order chi connectivity index (χ1) is 10.4. The van der Waals surface area contributed by atoms with Gasteiger partial charge in [-0.05, 0) is 27.7 Å². The Kier molecular flexibility index (Phi) is 11.8. The molecule has 0 saturated heterocycles. The van der Waals surface area contributed by atoms with E-state index in [1.54, 1.807) is 27.7 Å². The normalized spacial score (nSPS) is 13.0. The van der Waals surface area contributed by atoms with E-state index in [-0.39, 0.29) is 39.6 Å². The van der Waals surface area contributed by atoms with Gasteiger partial charge in [-0.3, -0.25) is 9.13 Å². The molecule has 0 bridgehead atoms. The van der Waals surface area contributed by atoms with E-state index in [1.807, 2.05) is 0 Å². The summed E-state index contributed by atoms with van der Waals surface area (Å²) in [6.45, 7) is 7.35. The van der Waals surface area contributed by atoms with Crippen LogP contribution in [0.2, 0.25) is 0 Å². The molecule has 10 heteroatoms. The highest BCUT2D eigenvalue weighted by atomic mass is 31.2. The molecule has 0 fully saturated rings. The van der Waals surface area contributed by atoms with E-state index in [9.17, 15) is 9.13 Å². The predicted molar refractivity (Wildman–Crippen MR) is 83.3 cm³/mol. The van der Waals surface area contributed by atoms with Gasteiger partial charge in [-0.2, -0.15) is 0 Å². The molecule has 0 radical (unpaired) electrons. The van der Waals surface area contributed by atoms with Gasteiger partial charge >= 0.3 is 15.2 Å². The summed E-state index contributed by atoms with van der Waals surface area (Å²) in [5.74, 6) is 0. The summed E-state index contributed by atoms with van der Waals surface area (Å²) >= 11 is 0. The molecule has 0 aliphatic rings. The lowest BCUT2D eigenvalue weighted by Crippen LogP contribution is -2.22. The molecule has 0 rings (SSSR count). The van der Waals surface area contributed by atoms with Gasteiger partial charge in [-0.25, -0.2) is 0 Å². The SMILES string of the molecule is CCOP(=O)(OCC)C(OCCOC)P(=O)(OCC)OCC. The second kappa shape index (κ2) is 11.7. The quantitative estimate of drug-likeness (QED) is 0.343. The lowest BCUT2D eigenvalue weighted by atomic mass is 10.8. The average molecular weight is 362 g/mol. The van der Waals surface area contributed by atoms with E-state index in [2.05, 4.69) is 0 Å². The highest BCUT2D eigenvalue weighted by molar-refractivity contribution is 7.72. The lowest BCUT2D eigenvalue weighted by Gasteiger charge is -2.30. The smallest absolute Gasteiger partial charge is 0.371 e. The van der Waals surface area contributed by atoms with Gasteiger partial charge in [0.1, 0.15) is 0 Å². The molecule has 0 heterocycles. The first kappa shape index (κ1) is 22.2. The molecule has 0 aromatic heterocycles. The minimum Gasteiger partial charge on any atom is -0.382 e. The van der Waals surface area contributed by atoms with Crippen molar-refractivity contribution in [2.75, 3.05) is 46.8 Å². The van der Waals surface area contributed by atoms with Crippen molar-refractivity contribution in [2.45, 2.75) is 33.3 Å². The van der Waals surface area contributed by atoms with E-state index in [1.165, 1.54) is 7.11 Å². The summed E-state index contributed by atoms with van der Waals surface area (Å²) in [6.07, 6.45) is 0. The molecule has 0 atom stereocenters. The zero-order valence-corrected chi connectivity index (χ0v) is 15.8. The Morgan fingerprint density at radius 2 is 1.09 bits per heavy atom. The number of hydrogen-bond donors (Lipinski definition) is 0. The van der Waals surface area contributed by atoms with Crippen molar-refractivity contribution in [3.63, 3.8) is 0 Å². The number of hydrogen-bond acceptors (Lipinski definition) is 8. The molecular weight excluding hydrogens is 334 g/mol. The molecule has 0 saturated carbocycles. The zero-order valence-electron chi connectivity index (χ0n) is 14.0. The van der Waals surface area contributed by atoms with Crippen molar-refractivity contribution in [1.82, 2.24) is 0 Å². The fourth-order valence-corrected chi connectivity index (χ4v) is 6.50. The molecule has 134 valence electrons. The zero-order chi connectivity index (χ0) is 17.1. The predicted octanol–water partition coefficient (Wildman–Crippen LogP) is 3.47. The Morgan fingerprint density at radius 3 is 1.36 bits per heavy atom. The van der Waals surface area contributed by atoms with Gasteiger partial charge in [0, 0.05) is 7.11 Å². The standard InChI is InChI=1S/C12H28O8P2/c1-6-17-21(13,18-7-2)12(16-11-10-15-5)22(14,19-8-3)20-9-4/h12H,6-11H2,1-5H3. The van der Waals surface area contributed by atoms with E-state index in [0.29, 0.717) is 0 Å². The number of rotatable bonds is 14. The van der Waals surface area contributed by atoms with Crippen molar-refractivity contribution in [2.24, 2.45) is 0 Å². The molecule has 22 heavy (non-hydrogen) atoms. The maximum atomic E-state index is 13.0. The summed E-state index contributed by atoms with van der Waals surface area (Å²) in [5, 5.41) is 0. The summed E-state index contributed by atoms with van der Waals surface area (Å²) in [6, 6.07) is 0. The van der Waals surface area contributed by atoms with E-state index >= 15 is 0 Å². The fraction of sp³-hybridized carbons (Fsp3) is 1.00. The molecule has 0 unspecified atom stereocenters. The van der Waals surface area contributed by atoms with E-state index in [0.717, 1.165) is 0 Å². The van der Waals surface area contributed by atoms with Crippen LogP contribution in [0.25, 0.3) is 0 Å². The Bertz CT molecular complexity index is 326. The van der Waals surface area contributed by atoms with Crippen LogP contribution in [-0.2, 0) is 36.7 Å². The van der Waals surface area contributed by atoms with Crippen LogP contribution < -0.4 is 0 Å². The lowest BCUT2D eigenvalue weighted by molar-refractivity contribution is 0.0468. The average Bonchev–Trinajstić information content (AvgIpc) is 2.44. The highest BCUT2D eigenvalue weighted by Crippen LogP contribution is 2.70. The molecule has 0 N–H and O–H groups in total.